The molecule has 6 heteroatoms. The quantitative estimate of drug-likeness (QED) is 0.705. The number of aromatic nitrogens is 3. The molecule has 1 saturated heterocycles. The minimum absolute atomic E-state index is 0.220. The summed E-state index contributed by atoms with van der Waals surface area (Å²) in [6.07, 6.45) is 4.35. The molecule has 4 heterocycles. The molecule has 25 heavy (non-hydrogen) atoms. The minimum Gasteiger partial charge on any atom is -0.342 e. The molecule has 3 aromatic rings. The molecule has 1 aliphatic rings. The Kier molecular flexibility index (Phi) is 4.53. The van der Waals surface area contributed by atoms with Crippen LogP contribution in [0.2, 0.25) is 0 Å². The van der Waals surface area contributed by atoms with Crippen LogP contribution >= 0.6 is 11.3 Å². The van der Waals surface area contributed by atoms with Crippen molar-refractivity contribution in [1.82, 2.24) is 19.4 Å². The summed E-state index contributed by atoms with van der Waals surface area (Å²) in [4.78, 5) is 23.9. The predicted octanol–water partition coefficient (Wildman–Crippen LogP) is 3.46. The van der Waals surface area contributed by atoms with E-state index in [1.165, 1.54) is 0 Å². The van der Waals surface area contributed by atoms with Crippen molar-refractivity contribution in [3.05, 3.63) is 46.5 Å². The van der Waals surface area contributed by atoms with Gasteiger partial charge in [-0.05, 0) is 47.4 Å². The molecule has 0 aromatic carbocycles. The first kappa shape index (κ1) is 16.3. The minimum atomic E-state index is 0.220. The van der Waals surface area contributed by atoms with Crippen molar-refractivity contribution < 1.29 is 4.79 Å². The molecular formula is C19H22N4OS. The van der Waals surface area contributed by atoms with Crippen LogP contribution < -0.4 is 0 Å². The lowest BCUT2D eigenvalue weighted by Gasteiger charge is -2.17. The summed E-state index contributed by atoms with van der Waals surface area (Å²) >= 11 is 1.64. The van der Waals surface area contributed by atoms with Gasteiger partial charge in [0.2, 0.25) is 5.91 Å². The van der Waals surface area contributed by atoms with Crippen LogP contribution in [0.3, 0.4) is 0 Å². The maximum atomic E-state index is 12.6. The largest absolute Gasteiger partial charge is 0.342 e. The molecule has 0 N–H and O–H groups in total. The number of carbonyl (C=O) groups excluding carboxylic acids is 1. The molecule has 3 aromatic heterocycles. The summed E-state index contributed by atoms with van der Waals surface area (Å²) in [6.45, 7) is 4.67. The molecule has 0 spiro atoms. The van der Waals surface area contributed by atoms with Gasteiger partial charge in [-0.25, -0.2) is 9.97 Å². The smallest absolute Gasteiger partial charge is 0.227 e. The molecule has 4 rings (SSSR count). The SMILES string of the molecule is CCCn1c([C@@H]2CCN(C(=O)Cc3ccsc3)C2)nc2cccnc21. The van der Waals surface area contributed by atoms with Gasteiger partial charge < -0.3 is 9.47 Å². The molecule has 0 unspecified atom stereocenters. The Morgan fingerprint density at radius 3 is 3.12 bits per heavy atom. The van der Waals surface area contributed by atoms with Gasteiger partial charge >= 0.3 is 0 Å². The molecular weight excluding hydrogens is 332 g/mol. The number of rotatable bonds is 5. The van der Waals surface area contributed by atoms with Crippen LogP contribution in [0.5, 0.6) is 0 Å². The highest BCUT2D eigenvalue weighted by atomic mass is 32.1. The summed E-state index contributed by atoms with van der Waals surface area (Å²) in [5, 5.41) is 4.08. The summed E-state index contributed by atoms with van der Waals surface area (Å²) < 4.78 is 2.24. The van der Waals surface area contributed by atoms with E-state index in [-0.39, 0.29) is 5.91 Å². The number of hydrogen-bond acceptors (Lipinski definition) is 4. The first-order valence-corrected chi connectivity index (χ1v) is 9.80. The van der Waals surface area contributed by atoms with Crippen LogP contribution in [0.15, 0.2) is 35.2 Å². The van der Waals surface area contributed by atoms with Crippen LogP contribution in [0.1, 0.15) is 37.1 Å². The van der Waals surface area contributed by atoms with E-state index < -0.39 is 0 Å². The number of carbonyl (C=O) groups is 1. The van der Waals surface area contributed by atoms with Gasteiger partial charge in [0.1, 0.15) is 11.3 Å². The van der Waals surface area contributed by atoms with E-state index in [1.807, 2.05) is 34.7 Å². The van der Waals surface area contributed by atoms with Crippen molar-refractivity contribution in [3.63, 3.8) is 0 Å². The van der Waals surface area contributed by atoms with Gasteiger partial charge in [-0.15, -0.1) is 0 Å². The van der Waals surface area contributed by atoms with Crippen molar-refractivity contribution in [2.45, 2.75) is 38.6 Å². The van der Waals surface area contributed by atoms with Gasteiger partial charge in [-0.2, -0.15) is 11.3 Å². The molecule has 130 valence electrons. The van der Waals surface area contributed by atoms with E-state index in [4.69, 9.17) is 4.98 Å². The number of nitrogens with zero attached hydrogens (tertiary/aromatic N) is 4. The van der Waals surface area contributed by atoms with E-state index in [9.17, 15) is 4.79 Å². The summed E-state index contributed by atoms with van der Waals surface area (Å²) in [5.41, 5.74) is 3.03. The normalized spacial score (nSPS) is 17.5. The van der Waals surface area contributed by atoms with E-state index in [1.54, 1.807) is 11.3 Å². The Balaban J connectivity index is 1.54. The third-order valence-corrected chi connectivity index (χ3v) is 5.55. The fraction of sp³-hybridized carbons (Fsp3) is 0.421. The van der Waals surface area contributed by atoms with Gasteiger partial charge in [0.15, 0.2) is 5.65 Å². The van der Waals surface area contributed by atoms with Gasteiger partial charge in [0.25, 0.3) is 0 Å². The molecule has 0 aliphatic carbocycles. The molecule has 1 fully saturated rings. The zero-order valence-corrected chi connectivity index (χ0v) is 15.2. The Hall–Kier alpha value is -2.21. The van der Waals surface area contributed by atoms with Crippen molar-refractivity contribution in [1.29, 1.82) is 0 Å². The monoisotopic (exact) mass is 354 g/mol. The second-order valence-corrected chi connectivity index (χ2v) is 7.38. The van der Waals surface area contributed by atoms with Crippen molar-refractivity contribution in [3.8, 4) is 0 Å². The molecule has 1 atom stereocenters. The van der Waals surface area contributed by atoms with E-state index in [0.717, 1.165) is 55.0 Å². The fourth-order valence-electron chi connectivity index (χ4n) is 3.61. The van der Waals surface area contributed by atoms with Crippen molar-refractivity contribution in [2.24, 2.45) is 0 Å². The first-order chi connectivity index (χ1) is 12.3. The third-order valence-electron chi connectivity index (χ3n) is 4.82. The number of imidazole rings is 1. The summed E-state index contributed by atoms with van der Waals surface area (Å²) in [6, 6.07) is 5.98. The zero-order valence-electron chi connectivity index (χ0n) is 14.4. The first-order valence-electron chi connectivity index (χ1n) is 8.86. The lowest BCUT2D eigenvalue weighted by Crippen LogP contribution is -2.30. The number of aryl methyl sites for hydroxylation is 1. The van der Waals surface area contributed by atoms with Crippen LogP contribution in [-0.4, -0.2) is 38.4 Å². The maximum Gasteiger partial charge on any atom is 0.227 e. The molecule has 0 radical (unpaired) electrons. The highest BCUT2D eigenvalue weighted by Gasteiger charge is 2.31. The molecule has 1 aliphatic heterocycles. The standard InChI is InChI=1S/C19H22N4OS/c1-2-8-23-18(21-16-4-3-7-20-19(16)23)15-5-9-22(12-15)17(24)11-14-6-10-25-13-14/h3-4,6-7,10,13,15H,2,5,8-9,11-12H2,1H3/t15-/m1/s1. The van der Waals surface area contributed by atoms with Crippen LogP contribution in [0, 0.1) is 0 Å². The molecule has 5 nitrogen and oxygen atoms in total. The number of amides is 1. The maximum absolute atomic E-state index is 12.6. The molecule has 0 saturated carbocycles. The Labute approximate surface area is 151 Å². The molecule has 0 bridgehead atoms. The second kappa shape index (κ2) is 6.96. The predicted molar refractivity (Wildman–Crippen MR) is 99.8 cm³/mol. The Morgan fingerprint density at radius 1 is 1.40 bits per heavy atom. The van der Waals surface area contributed by atoms with Crippen LogP contribution in [-0.2, 0) is 17.8 Å². The van der Waals surface area contributed by atoms with Gasteiger partial charge in [-0.3, -0.25) is 4.79 Å². The average Bonchev–Trinajstić information content (AvgIpc) is 3.34. The van der Waals surface area contributed by atoms with Gasteiger partial charge in [-0.1, -0.05) is 6.92 Å². The summed E-state index contributed by atoms with van der Waals surface area (Å²) in [5.74, 6) is 1.60. The van der Waals surface area contributed by atoms with E-state index in [0.29, 0.717) is 12.3 Å². The highest BCUT2D eigenvalue weighted by molar-refractivity contribution is 7.08. The van der Waals surface area contributed by atoms with E-state index in [2.05, 4.69) is 21.9 Å². The number of pyridine rings is 1. The van der Waals surface area contributed by atoms with Crippen molar-refractivity contribution >= 4 is 28.4 Å². The topological polar surface area (TPSA) is 51.0 Å². The number of hydrogen-bond donors (Lipinski definition) is 0. The summed E-state index contributed by atoms with van der Waals surface area (Å²) in [7, 11) is 0. The average molecular weight is 354 g/mol. The second-order valence-electron chi connectivity index (χ2n) is 6.60. The lowest BCUT2D eigenvalue weighted by atomic mass is 10.1. The molecule has 1 amide bonds. The van der Waals surface area contributed by atoms with Crippen LogP contribution in [0.4, 0.5) is 0 Å². The van der Waals surface area contributed by atoms with E-state index >= 15 is 0 Å². The fourth-order valence-corrected chi connectivity index (χ4v) is 4.28. The number of likely N-dealkylation sites (tertiary alicyclic amines) is 1. The lowest BCUT2D eigenvalue weighted by molar-refractivity contribution is -0.129. The zero-order chi connectivity index (χ0) is 17.2. The number of fused-ring (bicyclic) bond motifs is 1. The Bertz CT molecular complexity index is 871. The van der Waals surface area contributed by atoms with Gasteiger partial charge in [0.05, 0.1) is 6.42 Å². The van der Waals surface area contributed by atoms with Crippen molar-refractivity contribution in [2.75, 3.05) is 13.1 Å². The third kappa shape index (κ3) is 3.18. The number of thiophene rings is 1. The highest BCUT2D eigenvalue weighted by Crippen LogP contribution is 2.29. The Morgan fingerprint density at radius 2 is 2.32 bits per heavy atom. The van der Waals surface area contributed by atoms with Crippen LogP contribution in [0.25, 0.3) is 11.2 Å². The van der Waals surface area contributed by atoms with Gasteiger partial charge in [0, 0.05) is 31.7 Å².